The molecule has 3 rings (SSSR count). The molecule has 0 radical (unpaired) electrons. The minimum atomic E-state index is -1.08. The Bertz CT molecular complexity index is 633. The van der Waals surface area contributed by atoms with Crippen molar-refractivity contribution in [3.63, 3.8) is 0 Å². The quantitative estimate of drug-likeness (QED) is 0.775. The van der Waals surface area contributed by atoms with Gasteiger partial charge in [0, 0.05) is 18.5 Å². The number of fused-ring (bicyclic) bond motifs is 1. The van der Waals surface area contributed by atoms with Crippen LogP contribution in [0.5, 0.6) is 5.75 Å². The van der Waals surface area contributed by atoms with Crippen molar-refractivity contribution >= 4 is 5.91 Å². The van der Waals surface area contributed by atoms with Crippen molar-refractivity contribution in [1.82, 2.24) is 4.90 Å². The molecule has 0 saturated carbocycles. The summed E-state index contributed by atoms with van der Waals surface area (Å²) in [6.07, 6.45) is 0.176. The van der Waals surface area contributed by atoms with Crippen LogP contribution in [0.4, 0.5) is 0 Å². The maximum atomic E-state index is 12.8. The maximum absolute atomic E-state index is 12.8. The number of nitrogens with zero attached hydrogens (tertiary/aromatic N) is 2. The minimum Gasteiger partial charge on any atom is -0.847 e. The number of ether oxygens (including phenoxy) is 1. The summed E-state index contributed by atoms with van der Waals surface area (Å²) in [4.78, 5) is 13.7. The number of benzene rings is 1. The van der Waals surface area contributed by atoms with Crippen molar-refractivity contribution in [2.75, 3.05) is 6.54 Å². The van der Waals surface area contributed by atoms with E-state index in [4.69, 9.17) is 10.00 Å². The number of carbonyl (C=O) groups is 1. The van der Waals surface area contributed by atoms with Crippen LogP contribution in [0.3, 0.4) is 0 Å². The van der Waals surface area contributed by atoms with Gasteiger partial charge in [-0.15, -0.1) is 0 Å². The van der Waals surface area contributed by atoms with E-state index in [1.807, 2.05) is 0 Å². The van der Waals surface area contributed by atoms with E-state index in [1.54, 1.807) is 36.9 Å². The lowest BCUT2D eigenvalue weighted by Gasteiger charge is -2.51. The van der Waals surface area contributed by atoms with Crippen LogP contribution in [-0.2, 0) is 4.79 Å². The number of carbonyl (C=O) groups excluding carboxylic acids is 1. The molecule has 2 heterocycles. The highest BCUT2D eigenvalue weighted by molar-refractivity contribution is 5.79. The Morgan fingerprint density at radius 2 is 2.24 bits per heavy atom. The normalized spacial score (nSPS) is 27.0. The first-order valence-electron chi connectivity index (χ1n) is 7.12. The highest BCUT2D eigenvalue weighted by atomic mass is 16.5. The molecular weight excluding hydrogens is 268 g/mol. The van der Waals surface area contributed by atoms with Gasteiger partial charge in [0.2, 0.25) is 5.91 Å². The molecule has 5 heteroatoms. The standard InChI is InChI=1S/C16H17N2O3/c1-16(2)15(20)14(18-7-3-4-13(18)19)11-8-10(9-17)5-6-12(11)21-16/h5-6,8,14-15H,3-4,7H2,1-2H3/q-1. The molecule has 0 aliphatic carbocycles. The van der Waals surface area contributed by atoms with Crippen LogP contribution >= 0.6 is 0 Å². The molecule has 2 unspecified atom stereocenters. The zero-order valence-electron chi connectivity index (χ0n) is 12.1. The third kappa shape index (κ3) is 2.16. The highest BCUT2D eigenvalue weighted by Crippen LogP contribution is 2.43. The summed E-state index contributed by atoms with van der Waals surface area (Å²) in [6, 6.07) is 6.57. The third-order valence-corrected chi connectivity index (χ3v) is 4.25. The molecule has 1 saturated heterocycles. The summed E-state index contributed by atoms with van der Waals surface area (Å²) in [5.74, 6) is 0.600. The van der Waals surface area contributed by atoms with Gasteiger partial charge in [-0.1, -0.05) is 6.10 Å². The van der Waals surface area contributed by atoms with Gasteiger partial charge in [-0.2, -0.15) is 5.26 Å². The topological polar surface area (TPSA) is 76.4 Å². The van der Waals surface area contributed by atoms with E-state index in [2.05, 4.69) is 6.07 Å². The molecule has 1 aromatic rings. The fourth-order valence-electron chi connectivity index (χ4n) is 3.12. The Morgan fingerprint density at radius 3 is 2.86 bits per heavy atom. The van der Waals surface area contributed by atoms with E-state index in [1.165, 1.54) is 0 Å². The molecule has 1 aromatic carbocycles. The Labute approximate surface area is 123 Å². The van der Waals surface area contributed by atoms with Gasteiger partial charge in [0.05, 0.1) is 23.3 Å². The molecule has 5 nitrogen and oxygen atoms in total. The molecule has 0 N–H and O–H groups in total. The lowest BCUT2D eigenvalue weighted by Crippen LogP contribution is -2.60. The van der Waals surface area contributed by atoms with E-state index < -0.39 is 17.7 Å². The van der Waals surface area contributed by atoms with Crippen LogP contribution in [0.2, 0.25) is 0 Å². The van der Waals surface area contributed by atoms with Gasteiger partial charge in [0.25, 0.3) is 0 Å². The van der Waals surface area contributed by atoms with Gasteiger partial charge in [0.1, 0.15) is 5.75 Å². The number of hydrogen-bond acceptors (Lipinski definition) is 4. The fraction of sp³-hybridized carbons (Fsp3) is 0.500. The maximum Gasteiger partial charge on any atom is 0.223 e. The lowest BCUT2D eigenvalue weighted by atomic mass is 9.85. The van der Waals surface area contributed by atoms with E-state index in [0.717, 1.165) is 6.42 Å². The number of nitriles is 1. The van der Waals surface area contributed by atoms with Crippen molar-refractivity contribution in [2.24, 2.45) is 0 Å². The van der Waals surface area contributed by atoms with Crippen molar-refractivity contribution < 1.29 is 14.6 Å². The lowest BCUT2D eigenvalue weighted by molar-refractivity contribution is -0.462. The summed E-state index contributed by atoms with van der Waals surface area (Å²) in [6.45, 7) is 4.09. The smallest absolute Gasteiger partial charge is 0.223 e. The molecule has 0 spiro atoms. The molecule has 21 heavy (non-hydrogen) atoms. The summed E-state index contributed by atoms with van der Waals surface area (Å²) in [5.41, 5.74) is 0.235. The zero-order chi connectivity index (χ0) is 15.2. The highest BCUT2D eigenvalue weighted by Gasteiger charge is 2.42. The van der Waals surface area contributed by atoms with Gasteiger partial charge < -0.3 is 14.7 Å². The number of amides is 1. The van der Waals surface area contributed by atoms with Gasteiger partial charge in [-0.3, -0.25) is 4.79 Å². The average molecular weight is 285 g/mol. The monoisotopic (exact) mass is 285 g/mol. The van der Waals surface area contributed by atoms with Gasteiger partial charge >= 0.3 is 0 Å². The second-order valence-electron chi connectivity index (χ2n) is 6.13. The molecular formula is C16H17N2O3-. The van der Waals surface area contributed by atoms with Crippen molar-refractivity contribution in [1.29, 1.82) is 5.26 Å². The molecule has 1 amide bonds. The molecule has 1 fully saturated rings. The second kappa shape index (κ2) is 4.74. The van der Waals surface area contributed by atoms with Crippen molar-refractivity contribution in [2.45, 2.75) is 44.4 Å². The summed E-state index contributed by atoms with van der Waals surface area (Å²) < 4.78 is 5.80. The second-order valence-corrected chi connectivity index (χ2v) is 6.13. The Hall–Kier alpha value is -2.06. The molecule has 2 atom stereocenters. The van der Waals surface area contributed by atoms with E-state index in [0.29, 0.717) is 29.8 Å². The Morgan fingerprint density at radius 1 is 1.48 bits per heavy atom. The molecule has 110 valence electrons. The molecule has 0 aromatic heterocycles. The SMILES string of the molecule is CC1(C)Oc2ccc(C#N)cc2C(N2CCCC2=O)C1[O-]. The number of likely N-dealkylation sites (tertiary alicyclic amines) is 1. The number of rotatable bonds is 1. The summed E-state index contributed by atoms with van der Waals surface area (Å²) >= 11 is 0. The first kappa shape index (κ1) is 13.9. The van der Waals surface area contributed by atoms with Crippen LogP contribution in [0, 0.1) is 11.3 Å². The van der Waals surface area contributed by atoms with E-state index >= 15 is 0 Å². The van der Waals surface area contributed by atoms with Crippen molar-refractivity contribution in [3.05, 3.63) is 29.3 Å². The van der Waals surface area contributed by atoms with Crippen LogP contribution in [-0.4, -0.2) is 29.1 Å². The first-order chi connectivity index (χ1) is 9.94. The largest absolute Gasteiger partial charge is 0.847 e. The number of hydrogen-bond donors (Lipinski definition) is 0. The van der Waals surface area contributed by atoms with Crippen molar-refractivity contribution in [3.8, 4) is 11.8 Å². The van der Waals surface area contributed by atoms with Crippen LogP contribution < -0.4 is 9.84 Å². The predicted octanol–water partition coefficient (Wildman–Crippen LogP) is 1.12. The van der Waals surface area contributed by atoms with Gasteiger partial charge in [-0.05, 0) is 38.5 Å². The summed E-state index contributed by atoms with van der Waals surface area (Å²) in [5, 5.41) is 21.9. The van der Waals surface area contributed by atoms with E-state index in [9.17, 15) is 9.90 Å². The first-order valence-corrected chi connectivity index (χ1v) is 7.12. The van der Waals surface area contributed by atoms with Crippen LogP contribution in [0.15, 0.2) is 18.2 Å². The van der Waals surface area contributed by atoms with Crippen LogP contribution in [0.1, 0.15) is 43.9 Å². The van der Waals surface area contributed by atoms with Gasteiger partial charge in [-0.25, -0.2) is 0 Å². The zero-order valence-corrected chi connectivity index (χ0v) is 12.1. The molecule has 2 aliphatic rings. The molecule has 0 bridgehead atoms. The third-order valence-electron chi connectivity index (χ3n) is 4.25. The summed E-state index contributed by atoms with van der Waals surface area (Å²) in [7, 11) is 0. The predicted molar refractivity (Wildman–Crippen MR) is 73.3 cm³/mol. The van der Waals surface area contributed by atoms with Crippen LogP contribution in [0.25, 0.3) is 0 Å². The van der Waals surface area contributed by atoms with Gasteiger partial charge in [0.15, 0.2) is 0 Å². The van der Waals surface area contributed by atoms with E-state index in [-0.39, 0.29) is 5.91 Å². The molecule has 2 aliphatic heterocycles. The minimum absolute atomic E-state index is 0.00635. The Kier molecular flexibility index (Phi) is 3.14. The fourth-order valence-corrected chi connectivity index (χ4v) is 3.12. The Balaban J connectivity index is 2.12. The average Bonchev–Trinajstić information content (AvgIpc) is 2.86.